The zero-order valence-corrected chi connectivity index (χ0v) is 19.9. The fourth-order valence-corrected chi connectivity index (χ4v) is 3.80. The van der Waals surface area contributed by atoms with Gasteiger partial charge in [0.1, 0.15) is 5.60 Å². The minimum atomic E-state index is -1.53. The molecular formula is C26H32N2O5. The average Bonchev–Trinajstić information content (AvgIpc) is 3.02. The highest BCUT2D eigenvalue weighted by Gasteiger charge is 2.42. The number of unbranched alkanes of at least 4 members (excludes halogenated alkanes) is 1. The van der Waals surface area contributed by atoms with Crippen molar-refractivity contribution in [3.8, 4) is 0 Å². The number of anilines is 1. The van der Waals surface area contributed by atoms with Gasteiger partial charge >= 0.3 is 11.9 Å². The van der Waals surface area contributed by atoms with Gasteiger partial charge in [0.25, 0.3) is 0 Å². The lowest BCUT2D eigenvalue weighted by molar-refractivity contribution is -0.154. The van der Waals surface area contributed by atoms with E-state index in [-0.39, 0.29) is 5.97 Å². The number of nitrogens with zero attached hydrogens (tertiary/aromatic N) is 1. The summed E-state index contributed by atoms with van der Waals surface area (Å²) in [5, 5.41) is 15.0. The third-order valence-electron chi connectivity index (χ3n) is 5.41. The van der Waals surface area contributed by atoms with E-state index in [0.717, 1.165) is 11.3 Å². The Morgan fingerprint density at radius 2 is 1.85 bits per heavy atom. The Labute approximate surface area is 194 Å². The number of hydrogen-bond acceptors (Lipinski definition) is 7. The van der Waals surface area contributed by atoms with E-state index in [1.807, 2.05) is 52.0 Å². The van der Waals surface area contributed by atoms with Gasteiger partial charge in [-0.3, -0.25) is 9.79 Å². The van der Waals surface area contributed by atoms with Crippen LogP contribution in [0.1, 0.15) is 67.9 Å². The zero-order chi connectivity index (χ0) is 24.2. The lowest BCUT2D eigenvalue weighted by atomic mass is 9.94. The predicted octanol–water partition coefficient (Wildman–Crippen LogP) is 5.03. The number of benzene rings is 2. The highest BCUT2D eigenvalue weighted by atomic mass is 16.6. The van der Waals surface area contributed by atoms with E-state index in [0.29, 0.717) is 48.2 Å². The van der Waals surface area contributed by atoms with E-state index in [9.17, 15) is 14.7 Å². The fraction of sp³-hybridized carbons (Fsp3) is 0.423. The number of nitrogens with one attached hydrogen (secondary N) is 1. The topological polar surface area (TPSA) is 97.2 Å². The van der Waals surface area contributed by atoms with Crippen LogP contribution in [0.15, 0.2) is 47.5 Å². The Kier molecular flexibility index (Phi) is 7.22. The minimum absolute atomic E-state index is 0.241. The normalized spacial score (nSPS) is 17.2. The molecule has 0 aliphatic carbocycles. The summed E-state index contributed by atoms with van der Waals surface area (Å²) in [6, 6.07) is 12.6. The van der Waals surface area contributed by atoms with Gasteiger partial charge in [-0.15, -0.1) is 0 Å². The van der Waals surface area contributed by atoms with E-state index in [1.165, 1.54) is 7.11 Å². The van der Waals surface area contributed by atoms with Gasteiger partial charge in [0.15, 0.2) is 0 Å². The van der Waals surface area contributed by atoms with Crippen molar-refractivity contribution in [2.45, 2.75) is 64.7 Å². The molecule has 2 N–H and O–H groups in total. The van der Waals surface area contributed by atoms with Crippen LogP contribution in [-0.4, -0.2) is 35.5 Å². The van der Waals surface area contributed by atoms with Gasteiger partial charge in [0, 0.05) is 17.7 Å². The second kappa shape index (κ2) is 9.75. The van der Waals surface area contributed by atoms with E-state index in [2.05, 4.69) is 10.3 Å². The molecule has 0 saturated heterocycles. The Morgan fingerprint density at radius 3 is 2.52 bits per heavy atom. The van der Waals surface area contributed by atoms with Crippen LogP contribution in [0.2, 0.25) is 0 Å². The number of methoxy groups -OCH3 is 1. The van der Waals surface area contributed by atoms with E-state index in [1.54, 1.807) is 18.2 Å². The molecule has 0 aromatic heterocycles. The lowest BCUT2D eigenvalue weighted by Gasteiger charge is -2.29. The molecule has 1 unspecified atom stereocenters. The molecule has 33 heavy (non-hydrogen) atoms. The van der Waals surface area contributed by atoms with Gasteiger partial charge in [-0.2, -0.15) is 0 Å². The molecule has 1 atom stereocenters. The van der Waals surface area contributed by atoms with Gasteiger partial charge in [-0.25, -0.2) is 4.79 Å². The standard InChI is InChI=1S/C26H32N2O5/c1-17-10-6-7-11-20(17)28-26(31)19-15-14-18(24(30)32-5)16-21(19)27-22(26)12-8-9-13-23(29)33-25(2,3)4/h6-7,10-11,14-16,28,31H,8-9,12-13H2,1-5H3. The van der Waals surface area contributed by atoms with Crippen LogP contribution in [0.3, 0.4) is 0 Å². The maximum atomic E-state index is 12.0. The summed E-state index contributed by atoms with van der Waals surface area (Å²) in [4.78, 5) is 28.6. The monoisotopic (exact) mass is 452 g/mol. The third kappa shape index (κ3) is 5.79. The van der Waals surface area contributed by atoms with Crippen molar-refractivity contribution in [2.24, 2.45) is 4.99 Å². The quantitative estimate of drug-likeness (QED) is 0.331. The molecule has 0 fully saturated rings. The first-order valence-corrected chi connectivity index (χ1v) is 11.1. The van der Waals surface area contributed by atoms with Crippen molar-refractivity contribution in [1.29, 1.82) is 0 Å². The van der Waals surface area contributed by atoms with Crippen LogP contribution in [0.25, 0.3) is 0 Å². The molecule has 176 valence electrons. The Balaban J connectivity index is 1.81. The Hall–Kier alpha value is -3.19. The molecule has 1 heterocycles. The molecule has 2 aromatic carbocycles. The first kappa shape index (κ1) is 24.5. The summed E-state index contributed by atoms with van der Waals surface area (Å²) in [7, 11) is 1.32. The van der Waals surface area contributed by atoms with Crippen LogP contribution in [0.4, 0.5) is 11.4 Å². The van der Waals surface area contributed by atoms with Gasteiger partial charge in [0.2, 0.25) is 5.72 Å². The second-order valence-electron chi connectivity index (χ2n) is 9.23. The van der Waals surface area contributed by atoms with Crippen molar-refractivity contribution in [3.05, 3.63) is 59.2 Å². The number of esters is 2. The molecule has 0 saturated carbocycles. The SMILES string of the molecule is COC(=O)c1ccc2c(c1)N=C(CCCCC(=O)OC(C)(C)C)C2(O)Nc1ccccc1C. The summed E-state index contributed by atoms with van der Waals surface area (Å²) >= 11 is 0. The Bertz CT molecular complexity index is 1070. The van der Waals surface area contributed by atoms with Gasteiger partial charge in [-0.1, -0.05) is 24.3 Å². The van der Waals surface area contributed by atoms with Gasteiger partial charge < -0.3 is 19.9 Å². The number of rotatable bonds is 8. The van der Waals surface area contributed by atoms with Crippen molar-refractivity contribution < 1.29 is 24.2 Å². The predicted molar refractivity (Wildman–Crippen MR) is 128 cm³/mol. The van der Waals surface area contributed by atoms with Crippen molar-refractivity contribution in [1.82, 2.24) is 0 Å². The number of carbonyl (C=O) groups is 2. The highest BCUT2D eigenvalue weighted by molar-refractivity contribution is 6.03. The van der Waals surface area contributed by atoms with Crippen LogP contribution < -0.4 is 5.32 Å². The first-order chi connectivity index (χ1) is 15.5. The molecule has 0 bridgehead atoms. The largest absolute Gasteiger partial charge is 0.465 e. The maximum absolute atomic E-state index is 12.0. The number of ether oxygens (including phenoxy) is 2. The van der Waals surface area contributed by atoms with E-state index < -0.39 is 17.3 Å². The number of aliphatic hydroxyl groups is 1. The van der Waals surface area contributed by atoms with Gasteiger partial charge in [-0.05, 0) is 70.7 Å². The fourth-order valence-electron chi connectivity index (χ4n) is 3.80. The number of hydrogen-bond donors (Lipinski definition) is 2. The molecule has 3 rings (SSSR count). The summed E-state index contributed by atoms with van der Waals surface area (Å²) in [5.41, 5.74) is 1.72. The number of para-hydroxylation sites is 1. The number of aliphatic imine (C=N–C) groups is 1. The zero-order valence-electron chi connectivity index (χ0n) is 19.9. The molecule has 0 amide bonds. The van der Waals surface area contributed by atoms with Crippen molar-refractivity contribution >= 4 is 29.0 Å². The van der Waals surface area contributed by atoms with Crippen LogP contribution >= 0.6 is 0 Å². The van der Waals surface area contributed by atoms with Crippen LogP contribution in [-0.2, 0) is 20.0 Å². The van der Waals surface area contributed by atoms with Crippen molar-refractivity contribution in [3.63, 3.8) is 0 Å². The van der Waals surface area contributed by atoms with Gasteiger partial charge in [0.05, 0.1) is 24.1 Å². The lowest BCUT2D eigenvalue weighted by Crippen LogP contribution is -2.41. The number of carbonyl (C=O) groups excluding carboxylic acids is 2. The number of fused-ring (bicyclic) bond motifs is 1. The minimum Gasteiger partial charge on any atom is -0.465 e. The average molecular weight is 453 g/mol. The summed E-state index contributed by atoms with van der Waals surface area (Å²) in [5.74, 6) is -0.704. The van der Waals surface area contributed by atoms with Crippen LogP contribution in [0, 0.1) is 6.92 Å². The molecule has 0 radical (unpaired) electrons. The molecular weight excluding hydrogens is 420 g/mol. The highest BCUT2D eigenvalue weighted by Crippen LogP contribution is 2.41. The third-order valence-corrected chi connectivity index (χ3v) is 5.41. The molecule has 1 aliphatic rings. The molecule has 2 aromatic rings. The number of aryl methyl sites for hydroxylation is 1. The molecule has 7 heteroatoms. The molecule has 1 aliphatic heterocycles. The van der Waals surface area contributed by atoms with E-state index >= 15 is 0 Å². The maximum Gasteiger partial charge on any atom is 0.337 e. The summed E-state index contributed by atoms with van der Waals surface area (Å²) in [6.07, 6.45) is 2.03. The first-order valence-electron chi connectivity index (χ1n) is 11.1. The summed E-state index contributed by atoms with van der Waals surface area (Å²) < 4.78 is 10.2. The molecule has 0 spiro atoms. The Morgan fingerprint density at radius 1 is 1.12 bits per heavy atom. The molecule has 7 nitrogen and oxygen atoms in total. The smallest absolute Gasteiger partial charge is 0.337 e. The summed E-state index contributed by atoms with van der Waals surface area (Å²) in [6.45, 7) is 7.49. The second-order valence-corrected chi connectivity index (χ2v) is 9.23. The van der Waals surface area contributed by atoms with Crippen LogP contribution in [0.5, 0.6) is 0 Å². The van der Waals surface area contributed by atoms with Crippen molar-refractivity contribution in [2.75, 3.05) is 12.4 Å². The van der Waals surface area contributed by atoms with E-state index in [4.69, 9.17) is 9.47 Å².